The van der Waals surface area contributed by atoms with Gasteiger partial charge in [0.25, 0.3) is 0 Å². The molecule has 0 aromatic carbocycles. The van der Waals surface area contributed by atoms with Crippen LogP contribution >= 0.6 is 0 Å². The molecule has 0 unspecified atom stereocenters. The van der Waals surface area contributed by atoms with E-state index in [4.69, 9.17) is 4.74 Å². The predicted molar refractivity (Wildman–Crippen MR) is 47.5 cm³/mol. The third kappa shape index (κ3) is 1.17. The van der Waals surface area contributed by atoms with Crippen molar-refractivity contribution in [3.05, 3.63) is 23.5 Å². The summed E-state index contributed by atoms with van der Waals surface area (Å²) in [6.07, 6.45) is 2.88. The highest BCUT2D eigenvalue weighted by molar-refractivity contribution is 5.36. The van der Waals surface area contributed by atoms with Crippen LogP contribution in [-0.2, 0) is 6.42 Å². The quantitative estimate of drug-likeness (QED) is 0.632. The molecule has 0 saturated heterocycles. The molecule has 0 fully saturated rings. The van der Waals surface area contributed by atoms with Crippen molar-refractivity contribution in [2.75, 3.05) is 6.61 Å². The lowest BCUT2D eigenvalue weighted by molar-refractivity contribution is 0.355. The lowest BCUT2D eigenvalue weighted by atomic mass is 10.1. The van der Waals surface area contributed by atoms with Gasteiger partial charge in [-0.05, 0) is 12.0 Å². The molecule has 2 heteroatoms. The number of hydrogen-bond donors (Lipinski definition) is 0. The Labute approximate surface area is 72.6 Å². The molecule has 0 bridgehead atoms. The fourth-order valence-corrected chi connectivity index (χ4v) is 1.41. The third-order valence-electron chi connectivity index (χ3n) is 2.19. The van der Waals surface area contributed by atoms with Gasteiger partial charge < -0.3 is 4.74 Å². The Kier molecular flexibility index (Phi) is 1.75. The second kappa shape index (κ2) is 2.77. The molecule has 0 aliphatic carbocycles. The van der Waals surface area contributed by atoms with Crippen LogP contribution in [0.1, 0.15) is 31.0 Å². The number of pyridine rings is 1. The standard InChI is InChI=1S/C10H13NO/c1-7(2)9-5-8-3-4-12-10(8)6-11-9/h5-7H,3-4H2,1-2H3. The van der Waals surface area contributed by atoms with E-state index in [1.54, 1.807) is 0 Å². The average molecular weight is 163 g/mol. The molecule has 2 nitrogen and oxygen atoms in total. The summed E-state index contributed by atoms with van der Waals surface area (Å²) >= 11 is 0. The van der Waals surface area contributed by atoms with Gasteiger partial charge in [0.15, 0.2) is 0 Å². The zero-order valence-corrected chi connectivity index (χ0v) is 7.50. The minimum Gasteiger partial charge on any atom is -0.491 e. The van der Waals surface area contributed by atoms with Gasteiger partial charge in [-0.2, -0.15) is 0 Å². The van der Waals surface area contributed by atoms with Crippen LogP contribution in [-0.4, -0.2) is 11.6 Å². The summed E-state index contributed by atoms with van der Waals surface area (Å²) in [6, 6.07) is 2.16. The maximum absolute atomic E-state index is 5.37. The lowest BCUT2D eigenvalue weighted by Gasteiger charge is -2.05. The first-order valence-electron chi connectivity index (χ1n) is 4.39. The van der Waals surface area contributed by atoms with Crippen LogP contribution in [0.25, 0.3) is 0 Å². The van der Waals surface area contributed by atoms with Crippen molar-refractivity contribution in [1.29, 1.82) is 0 Å². The molecule has 0 atom stereocenters. The Morgan fingerprint density at radius 3 is 3.08 bits per heavy atom. The Bertz CT molecular complexity index is 294. The van der Waals surface area contributed by atoms with Crippen LogP contribution in [0.3, 0.4) is 0 Å². The summed E-state index contributed by atoms with van der Waals surface area (Å²) in [5, 5.41) is 0. The highest BCUT2D eigenvalue weighted by atomic mass is 16.5. The Hall–Kier alpha value is -1.05. The molecule has 2 heterocycles. The van der Waals surface area contributed by atoms with E-state index >= 15 is 0 Å². The molecular formula is C10H13NO. The minimum absolute atomic E-state index is 0.510. The van der Waals surface area contributed by atoms with Crippen LogP contribution in [0.2, 0.25) is 0 Å². The summed E-state index contributed by atoms with van der Waals surface area (Å²) in [5.74, 6) is 1.48. The Morgan fingerprint density at radius 2 is 2.33 bits per heavy atom. The molecule has 1 aliphatic heterocycles. The zero-order chi connectivity index (χ0) is 8.55. The molecule has 0 N–H and O–H groups in total. The second-order valence-electron chi connectivity index (χ2n) is 3.47. The summed E-state index contributed by atoms with van der Waals surface area (Å²) in [5.41, 5.74) is 2.48. The molecule has 12 heavy (non-hydrogen) atoms. The van der Waals surface area contributed by atoms with Crippen LogP contribution in [0.5, 0.6) is 5.75 Å². The van der Waals surface area contributed by atoms with Gasteiger partial charge >= 0.3 is 0 Å². The number of fused-ring (bicyclic) bond motifs is 1. The fourth-order valence-electron chi connectivity index (χ4n) is 1.41. The van der Waals surface area contributed by atoms with Crippen molar-refractivity contribution in [3.63, 3.8) is 0 Å². The smallest absolute Gasteiger partial charge is 0.140 e. The van der Waals surface area contributed by atoms with Gasteiger partial charge in [0, 0.05) is 17.7 Å². The van der Waals surface area contributed by atoms with E-state index in [0.29, 0.717) is 5.92 Å². The van der Waals surface area contributed by atoms with Crippen molar-refractivity contribution in [1.82, 2.24) is 4.98 Å². The van der Waals surface area contributed by atoms with Gasteiger partial charge in [-0.1, -0.05) is 13.8 Å². The highest BCUT2D eigenvalue weighted by Gasteiger charge is 2.13. The van der Waals surface area contributed by atoms with Gasteiger partial charge in [0.2, 0.25) is 0 Å². The average Bonchev–Trinajstić information content (AvgIpc) is 2.49. The molecule has 0 radical (unpaired) electrons. The molecule has 1 aromatic heterocycles. The number of hydrogen-bond acceptors (Lipinski definition) is 2. The minimum atomic E-state index is 0.510. The molecule has 1 aliphatic rings. The van der Waals surface area contributed by atoms with Crippen molar-refractivity contribution < 1.29 is 4.74 Å². The van der Waals surface area contributed by atoms with Crippen molar-refractivity contribution >= 4 is 0 Å². The van der Waals surface area contributed by atoms with Gasteiger partial charge in [-0.15, -0.1) is 0 Å². The maximum atomic E-state index is 5.37. The van der Waals surface area contributed by atoms with Crippen molar-refractivity contribution in [2.24, 2.45) is 0 Å². The number of aromatic nitrogens is 1. The molecule has 0 amide bonds. The van der Waals surface area contributed by atoms with Gasteiger partial charge in [0.1, 0.15) is 5.75 Å². The number of rotatable bonds is 1. The fraction of sp³-hybridized carbons (Fsp3) is 0.500. The third-order valence-corrected chi connectivity index (χ3v) is 2.19. The first-order chi connectivity index (χ1) is 5.77. The Balaban J connectivity index is 2.39. The topological polar surface area (TPSA) is 22.1 Å². The Morgan fingerprint density at radius 1 is 1.50 bits per heavy atom. The lowest BCUT2D eigenvalue weighted by Crippen LogP contribution is -1.92. The zero-order valence-electron chi connectivity index (χ0n) is 7.50. The molecular weight excluding hydrogens is 150 g/mol. The van der Waals surface area contributed by atoms with Gasteiger partial charge in [0.05, 0.1) is 12.8 Å². The predicted octanol–water partition coefficient (Wildman–Crippen LogP) is 2.14. The maximum Gasteiger partial charge on any atom is 0.140 e. The largest absolute Gasteiger partial charge is 0.491 e. The highest BCUT2D eigenvalue weighted by Crippen LogP contribution is 2.26. The van der Waals surface area contributed by atoms with Crippen molar-refractivity contribution in [3.8, 4) is 5.75 Å². The summed E-state index contributed by atoms with van der Waals surface area (Å²) in [6.45, 7) is 5.13. The van der Waals surface area contributed by atoms with E-state index in [-0.39, 0.29) is 0 Å². The molecule has 64 valence electrons. The number of ether oxygens (including phenoxy) is 1. The van der Waals surface area contributed by atoms with Gasteiger partial charge in [-0.25, -0.2) is 0 Å². The summed E-state index contributed by atoms with van der Waals surface area (Å²) in [7, 11) is 0. The van der Waals surface area contributed by atoms with E-state index < -0.39 is 0 Å². The van der Waals surface area contributed by atoms with Gasteiger partial charge in [-0.3, -0.25) is 4.98 Å². The molecule has 2 rings (SSSR count). The van der Waals surface area contributed by atoms with E-state index in [2.05, 4.69) is 24.9 Å². The SMILES string of the molecule is CC(C)c1cc2c(cn1)OCC2. The van der Waals surface area contributed by atoms with Crippen LogP contribution in [0.4, 0.5) is 0 Å². The van der Waals surface area contributed by atoms with Crippen LogP contribution in [0, 0.1) is 0 Å². The summed E-state index contributed by atoms with van der Waals surface area (Å²) < 4.78 is 5.37. The first kappa shape index (κ1) is 7.59. The van der Waals surface area contributed by atoms with E-state index in [0.717, 1.165) is 18.8 Å². The first-order valence-corrected chi connectivity index (χ1v) is 4.39. The molecule has 0 saturated carbocycles. The molecule has 0 spiro atoms. The monoisotopic (exact) mass is 163 g/mol. The van der Waals surface area contributed by atoms with E-state index in [1.165, 1.54) is 11.3 Å². The van der Waals surface area contributed by atoms with Crippen molar-refractivity contribution in [2.45, 2.75) is 26.2 Å². The van der Waals surface area contributed by atoms with E-state index in [1.807, 2.05) is 6.20 Å². The van der Waals surface area contributed by atoms with Crippen LogP contribution in [0.15, 0.2) is 12.3 Å². The second-order valence-corrected chi connectivity index (χ2v) is 3.47. The van der Waals surface area contributed by atoms with E-state index in [9.17, 15) is 0 Å². The summed E-state index contributed by atoms with van der Waals surface area (Å²) in [4.78, 5) is 4.32. The normalized spacial score (nSPS) is 14.6. The van der Waals surface area contributed by atoms with Crippen LogP contribution < -0.4 is 4.74 Å². The number of nitrogens with zero attached hydrogens (tertiary/aromatic N) is 1. The molecule has 1 aromatic rings.